The number of H-pyrrole nitrogens is 1. The summed E-state index contributed by atoms with van der Waals surface area (Å²) >= 11 is 1.55. The van der Waals surface area contributed by atoms with Crippen LogP contribution in [0.25, 0.3) is 21.8 Å². The van der Waals surface area contributed by atoms with Gasteiger partial charge in [-0.25, -0.2) is 0 Å². The predicted molar refractivity (Wildman–Crippen MR) is 173 cm³/mol. The zero-order valence-electron chi connectivity index (χ0n) is 25.0. The van der Waals surface area contributed by atoms with E-state index in [4.69, 9.17) is 4.74 Å². The number of fused-ring (bicyclic) bond motifs is 5. The number of pyridine rings is 1. The molecule has 1 aromatic carbocycles. The van der Waals surface area contributed by atoms with Crippen LogP contribution < -0.4 is 0 Å². The van der Waals surface area contributed by atoms with Crippen LogP contribution >= 0.6 is 11.8 Å². The zero-order chi connectivity index (χ0) is 31.1. The van der Waals surface area contributed by atoms with Crippen molar-refractivity contribution in [2.45, 2.75) is 74.9 Å². The van der Waals surface area contributed by atoms with Gasteiger partial charge in [0.15, 0.2) is 17.2 Å². The van der Waals surface area contributed by atoms with Crippen molar-refractivity contribution in [3.8, 4) is 29.4 Å². The molecule has 2 bridgehead atoms. The topological polar surface area (TPSA) is 113 Å². The van der Waals surface area contributed by atoms with Gasteiger partial charge >= 0.3 is 0 Å². The number of nitrogens with zero attached hydrogens (tertiary/aromatic N) is 1. The third-order valence-corrected chi connectivity index (χ3v) is 10.4. The van der Waals surface area contributed by atoms with Gasteiger partial charge in [0.2, 0.25) is 0 Å². The Morgan fingerprint density at radius 2 is 1.98 bits per heavy atom. The van der Waals surface area contributed by atoms with E-state index in [1.165, 1.54) is 0 Å². The maximum Gasteiger partial charge on any atom is 0.199 e. The number of carbonyl (C=O) groups excluding carboxylic acids is 2. The average Bonchev–Trinajstić information content (AvgIpc) is 3.39. The number of hydrogen-bond acceptors (Lipinski definition) is 7. The van der Waals surface area contributed by atoms with E-state index in [2.05, 4.69) is 33.6 Å². The van der Waals surface area contributed by atoms with E-state index in [0.29, 0.717) is 60.0 Å². The molecule has 0 saturated heterocycles. The molecular weight excluding hydrogens is 572 g/mol. The van der Waals surface area contributed by atoms with E-state index in [-0.39, 0.29) is 29.8 Å². The Bertz CT molecular complexity index is 1900. The van der Waals surface area contributed by atoms with Crippen LogP contribution in [-0.4, -0.2) is 60.6 Å². The molecule has 2 aromatic heterocycles. The van der Waals surface area contributed by atoms with Crippen LogP contribution in [0.2, 0.25) is 0 Å². The minimum absolute atomic E-state index is 0.0262. The summed E-state index contributed by atoms with van der Waals surface area (Å²) < 4.78 is 5.97. The second-order valence-corrected chi connectivity index (χ2v) is 12.8. The molecule has 3 N–H and O–H groups in total. The van der Waals surface area contributed by atoms with Crippen molar-refractivity contribution < 1.29 is 24.5 Å². The van der Waals surface area contributed by atoms with E-state index in [0.717, 1.165) is 16.3 Å². The number of aliphatic hydroxyl groups is 1. The summed E-state index contributed by atoms with van der Waals surface area (Å²) in [7, 11) is 0. The van der Waals surface area contributed by atoms with Crippen LogP contribution in [-0.2, 0) is 9.53 Å². The Morgan fingerprint density at radius 3 is 2.73 bits per heavy atom. The lowest BCUT2D eigenvalue weighted by Gasteiger charge is -2.40. The molecule has 0 spiro atoms. The van der Waals surface area contributed by atoms with Gasteiger partial charge in [-0.3, -0.25) is 14.6 Å². The highest BCUT2D eigenvalue weighted by Gasteiger charge is 2.46. The summed E-state index contributed by atoms with van der Waals surface area (Å²) in [4.78, 5) is 35.2. The van der Waals surface area contributed by atoms with Gasteiger partial charge in [-0.1, -0.05) is 36.7 Å². The molecule has 1 fully saturated rings. The van der Waals surface area contributed by atoms with Gasteiger partial charge in [0.05, 0.1) is 22.8 Å². The molecule has 3 aromatic rings. The summed E-state index contributed by atoms with van der Waals surface area (Å²) in [6.45, 7) is 3.75. The number of aromatic nitrogens is 2. The molecule has 1 saturated carbocycles. The van der Waals surface area contributed by atoms with Crippen LogP contribution in [0.5, 0.6) is 5.75 Å². The van der Waals surface area contributed by atoms with E-state index >= 15 is 0 Å². The highest BCUT2D eigenvalue weighted by Crippen LogP contribution is 2.45. The van der Waals surface area contributed by atoms with Gasteiger partial charge in [0.25, 0.3) is 0 Å². The number of ether oxygens (including phenoxy) is 1. The number of thioether (sulfide) groups is 1. The fourth-order valence-electron chi connectivity index (χ4n) is 6.62. The summed E-state index contributed by atoms with van der Waals surface area (Å²) in [6.07, 6.45) is 10.8. The van der Waals surface area contributed by atoms with E-state index in [1.807, 2.05) is 25.3 Å². The third kappa shape index (κ3) is 5.18. The molecule has 0 unspecified atom stereocenters. The van der Waals surface area contributed by atoms with Crippen molar-refractivity contribution in [2.75, 3.05) is 6.26 Å². The van der Waals surface area contributed by atoms with Gasteiger partial charge in [0, 0.05) is 28.1 Å². The number of phenols is 1. The Labute approximate surface area is 260 Å². The smallest absolute Gasteiger partial charge is 0.199 e. The van der Waals surface area contributed by atoms with E-state index in [9.17, 15) is 19.8 Å². The first-order valence-corrected chi connectivity index (χ1v) is 16.1. The van der Waals surface area contributed by atoms with Crippen LogP contribution in [0, 0.1) is 23.7 Å². The average molecular weight is 607 g/mol. The van der Waals surface area contributed by atoms with Crippen molar-refractivity contribution >= 4 is 45.1 Å². The summed E-state index contributed by atoms with van der Waals surface area (Å²) in [6, 6.07) is 6.97. The minimum atomic E-state index is -1.60. The normalized spacial score (nSPS) is 28.4. The zero-order valence-corrected chi connectivity index (χ0v) is 25.8. The predicted octanol–water partition coefficient (Wildman–Crippen LogP) is 5.97. The lowest BCUT2D eigenvalue weighted by molar-refractivity contribution is -0.118. The molecule has 7 nitrogen and oxygen atoms in total. The molecule has 2 heterocycles. The molecule has 0 aliphatic heterocycles. The standard InChI is InChI=1S/C36H34N2O5S/c1-4-9-27-31-22(2)29(40)21-35(27,42)16-8-6-5-7-10-30(31)43-24-13-17-36(44-3,18-14-24)34(41)33-32-25(15-19-37-33)26-20-23(39)11-12-28(26)38-32/h5-6,9,11-12,15,19-20,24,30,38-39,42H,4,13-14,17-18,21H2,1-3H3/b6-5-,27-9+/t24?,30-,35-,36?/m0/s1. The third-order valence-electron chi connectivity index (χ3n) is 8.98. The number of benzene rings is 1. The summed E-state index contributed by atoms with van der Waals surface area (Å²) in [5, 5.41) is 23.3. The maximum absolute atomic E-state index is 14.2. The number of carbonyl (C=O) groups is 2. The van der Waals surface area contributed by atoms with Crippen molar-refractivity contribution in [2.24, 2.45) is 0 Å². The highest BCUT2D eigenvalue weighted by atomic mass is 32.2. The lowest BCUT2D eigenvalue weighted by Crippen LogP contribution is -2.44. The molecule has 0 radical (unpaired) electrons. The molecule has 224 valence electrons. The van der Waals surface area contributed by atoms with Gasteiger partial charge in [-0.2, -0.15) is 11.8 Å². The first kappa shape index (κ1) is 30.0. The molecule has 44 heavy (non-hydrogen) atoms. The van der Waals surface area contributed by atoms with Gasteiger partial charge in [0.1, 0.15) is 17.5 Å². The molecule has 2 atom stereocenters. The van der Waals surface area contributed by atoms with Crippen LogP contribution in [0.4, 0.5) is 0 Å². The first-order valence-electron chi connectivity index (χ1n) is 14.9. The van der Waals surface area contributed by atoms with Crippen LogP contribution in [0.15, 0.2) is 65.4 Å². The number of phenolic OH excluding ortho intramolecular Hbond substituents is 1. The van der Waals surface area contributed by atoms with Gasteiger partial charge in [-0.15, -0.1) is 0 Å². The van der Waals surface area contributed by atoms with Crippen molar-refractivity contribution in [1.29, 1.82) is 0 Å². The van der Waals surface area contributed by atoms with Gasteiger partial charge in [-0.05, 0) is 92.8 Å². The van der Waals surface area contributed by atoms with Crippen molar-refractivity contribution in [3.05, 3.63) is 71.1 Å². The number of Topliss-reactive ketones (excluding diaryl/α,β-unsaturated/α-hetero) is 2. The Kier molecular flexibility index (Phi) is 8.02. The maximum atomic E-state index is 14.2. The second kappa shape index (κ2) is 11.8. The van der Waals surface area contributed by atoms with Crippen LogP contribution in [0.3, 0.4) is 0 Å². The molecular formula is C36H34N2O5S. The van der Waals surface area contributed by atoms with Crippen LogP contribution in [0.1, 0.15) is 62.9 Å². The molecule has 0 amide bonds. The highest BCUT2D eigenvalue weighted by molar-refractivity contribution is 8.00. The van der Waals surface area contributed by atoms with E-state index < -0.39 is 16.5 Å². The molecule has 8 heteroatoms. The fourth-order valence-corrected chi connectivity index (χ4v) is 7.55. The molecule has 3 aliphatic rings. The number of aromatic amines is 1. The van der Waals surface area contributed by atoms with Crippen molar-refractivity contribution in [1.82, 2.24) is 9.97 Å². The quantitative estimate of drug-likeness (QED) is 0.234. The first-order chi connectivity index (χ1) is 21.2. The Morgan fingerprint density at radius 1 is 1.20 bits per heavy atom. The van der Waals surface area contributed by atoms with Gasteiger partial charge < -0.3 is 19.9 Å². The number of rotatable bonds is 6. The van der Waals surface area contributed by atoms with Crippen molar-refractivity contribution in [3.63, 3.8) is 0 Å². The number of ketones is 2. The second-order valence-electron chi connectivity index (χ2n) is 11.6. The largest absolute Gasteiger partial charge is 0.508 e. The summed E-state index contributed by atoms with van der Waals surface area (Å²) in [5.74, 6) is 11.9. The van der Waals surface area contributed by atoms with E-state index in [1.54, 1.807) is 55.2 Å². The molecule has 6 rings (SSSR count). The number of hydrogen-bond donors (Lipinski definition) is 3. The fraction of sp³-hybridized carbons (Fsp3) is 0.361. The number of nitrogens with one attached hydrogen (secondary N) is 1. The Hall–Kier alpha value is -4.08. The monoisotopic (exact) mass is 606 g/mol. The molecule has 3 aliphatic carbocycles. The summed E-state index contributed by atoms with van der Waals surface area (Å²) in [5.41, 5.74) is 2.02. The minimum Gasteiger partial charge on any atom is -0.508 e. The number of allylic oxidation sites excluding steroid dienone is 4. The SMILES string of the molecule is CC/C=C1\C2=C(C)C(=O)C[C@@]1(O)C#C/C=C\C#C[C@@H]2OC1CCC(SC)(C(=O)c2nccc3c2[nH]c2ccc(O)cc23)CC1. The lowest BCUT2D eigenvalue weighted by atomic mass is 9.73. The number of aromatic hydroxyl groups is 1. The Balaban J connectivity index is 1.28.